The molecule has 88 valence electrons. The summed E-state index contributed by atoms with van der Waals surface area (Å²) in [6.07, 6.45) is 0.950. The third-order valence-corrected chi connectivity index (χ3v) is 2.89. The molecule has 2 aromatic rings. The van der Waals surface area contributed by atoms with Crippen LogP contribution in [0.15, 0.2) is 24.3 Å². The second-order valence-corrected chi connectivity index (χ2v) is 4.21. The number of nitrogens with zero attached hydrogens (tertiary/aromatic N) is 2. The van der Waals surface area contributed by atoms with Gasteiger partial charge in [-0.3, -0.25) is 0 Å². The lowest BCUT2D eigenvalue weighted by Gasteiger charge is -2.03. The summed E-state index contributed by atoms with van der Waals surface area (Å²) in [5.74, 6) is -0.466. The largest absolute Gasteiger partial charge is 0.213 e. The van der Waals surface area contributed by atoms with E-state index in [1.807, 2.05) is 24.3 Å². The van der Waals surface area contributed by atoms with Gasteiger partial charge in [-0.05, 0) is 12.0 Å². The highest BCUT2D eigenvalue weighted by Crippen LogP contribution is 2.24. The zero-order valence-corrected chi connectivity index (χ0v) is 10.6. The van der Waals surface area contributed by atoms with Crippen LogP contribution in [-0.2, 0) is 6.42 Å². The number of hydrogen-bond donors (Lipinski definition) is 0. The summed E-state index contributed by atoms with van der Waals surface area (Å²) >= 11 is 11.2. The molecule has 0 spiro atoms. The van der Waals surface area contributed by atoms with Crippen LogP contribution in [0.25, 0.3) is 11.4 Å². The van der Waals surface area contributed by atoms with Crippen molar-refractivity contribution in [2.75, 3.05) is 0 Å². The van der Waals surface area contributed by atoms with Gasteiger partial charge in [-0.2, -0.15) is 0 Å². The van der Waals surface area contributed by atoms with Crippen molar-refractivity contribution < 1.29 is 4.39 Å². The molecule has 2 nitrogen and oxygen atoms in total. The maximum atomic E-state index is 13.2. The molecule has 0 atom stereocenters. The zero-order chi connectivity index (χ0) is 12.4. The summed E-state index contributed by atoms with van der Waals surface area (Å²) in [4.78, 5) is 7.71. The molecule has 0 fully saturated rings. The predicted octanol–water partition coefficient (Wildman–Crippen LogP) is 4.15. The van der Waals surface area contributed by atoms with Crippen LogP contribution in [0, 0.1) is 5.82 Å². The van der Waals surface area contributed by atoms with Crippen LogP contribution in [-0.4, -0.2) is 9.97 Å². The monoisotopic (exact) mass is 270 g/mol. The highest BCUT2D eigenvalue weighted by Gasteiger charge is 2.12. The standard InChI is InChI=1S/C12H9Cl2FN2/c1-2-7-3-5-8(6-4-7)12-16-10(13)9(15)11(14)17-12/h3-6H,2H2,1H3. The molecule has 17 heavy (non-hydrogen) atoms. The summed E-state index contributed by atoms with van der Waals surface area (Å²) in [6, 6.07) is 7.64. The van der Waals surface area contributed by atoms with Crippen LogP contribution < -0.4 is 0 Å². The maximum Gasteiger partial charge on any atom is 0.197 e. The lowest BCUT2D eigenvalue weighted by atomic mass is 10.1. The molecule has 0 aliphatic heterocycles. The molecule has 0 N–H and O–H groups in total. The van der Waals surface area contributed by atoms with Gasteiger partial charge in [0.2, 0.25) is 0 Å². The fourth-order valence-corrected chi connectivity index (χ4v) is 1.80. The minimum atomic E-state index is -0.790. The van der Waals surface area contributed by atoms with Crippen LogP contribution in [0.1, 0.15) is 12.5 Å². The number of aryl methyl sites for hydroxylation is 1. The van der Waals surface area contributed by atoms with Crippen molar-refractivity contribution in [1.82, 2.24) is 9.97 Å². The molecule has 2 rings (SSSR count). The molecule has 0 aliphatic rings. The van der Waals surface area contributed by atoms with Crippen LogP contribution in [0.4, 0.5) is 4.39 Å². The van der Waals surface area contributed by atoms with Crippen molar-refractivity contribution in [1.29, 1.82) is 0 Å². The van der Waals surface area contributed by atoms with Gasteiger partial charge in [-0.1, -0.05) is 54.4 Å². The van der Waals surface area contributed by atoms with E-state index in [9.17, 15) is 4.39 Å². The van der Waals surface area contributed by atoms with E-state index in [4.69, 9.17) is 23.2 Å². The molecule has 0 bridgehead atoms. The minimum absolute atomic E-state index is 0.264. The number of halogens is 3. The first-order chi connectivity index (χ1) is 8.11. The zero-order valence-electron chi connectivity index (χ0n) is 9.04. The Hall–Kier alpha value is -1.19. The lowest BCUT2D eigenvalue weighted by molar-refractivity contribution is 0.615. The van der Waals surface area contributed by atoms with Gasteiger partial charge in [0.1, 0.15) is 0 Å². The molecular weight excluding hydrogens is 262 g/mol. The van der Waals surface area contributed by atoms with E-state index in [1.165, 1.54) is 5.56 Å². The van der Waals surface area contributed by atoms with Crippen LogP contribution >= 0.6 is 23.2 Å². The van der Waals surface area contributed by atoms with E-state index in [1.54, 1.807) is 0 Å². The molecule has 0 aliphatic carbocycles. The third-order valence-electron chi connectivity index (χ3n) is 2.39. The van der Waals surface area contributed by atoms with Crippen molar-refractivity contribution in [2.24, 2.45) is 0 Å². The van der Waals surface area contributed by atoms with Gasteiger partial charge >= 0.3 is 0 Å². The third kappa shape index (κ3) is 2.56. The molecule has 0 amide bonds. The van der Waals surface area contributed by atoms with Crippen LogP contribution in [0.5, 0.6) is 0 Å². The van der Waals surface area contributed by atoms with Crippen molar-refractivity contribution in [3.05, 3.63) is 46.0 Å². The van der Waals surface area contributed by atoms with Gasteiger partial charge in [0.25, 0.3) is 0 Å². The average molecular weight is 271 g/mol. The first kappa shape index (κ1) is 12.3. The minimum Gasteiger partial charge on any atom is -0.213 e. The first-order valence-corrected chi connectivity index (χ1v) is 5.85. The van der Waals surface area contributed by atoms with Crippen LogP contribution in [0.2, 0.25) is 10.3 Å². The van der Waals surface area contributed by atoms with E-state index in [0.29, 0.717) is 5.82 Å². The Morgan fingerprint density at radius 2 is 1.59 bits per heavy atom. The predicted molar refractivity (Wildman–Crippen MR) is 66.8 cm³/mol. The Labute approximate surface area is 108 Å². The summed E-state index contributed by atoms with van der Waals surface area (Å²) < 4.78 is 13.2. The number of benzene rings is 1. The highest BCUT2D eigenvalue weighted by atomic mass is 35.5. The molecule has 1 aromatic heterocycles. The van der Waals surface area contributed by atoms with Crippen molar-refractivity contribution >= 4 is 23.2 Å². The van der Waals surface area contributed by atoms with Crippen molar-refractivity contribution in [3.63, 3.8) is 0 Å². The Balaban J connectivity index is 2.45. The lowest BCUT2D eigenvalue weighted by Crippen LogP contribution is -1.94. The van der Waals surface area contributed by atoms with Crippen molar-refractivity contribution in [2.45, 2.75) is 13.3 Å². The van der Waals surface area contributed by atoms with Crippen LogP contribution in [0.3, 0.4) is 0 Å². The summed E-state index contributed by atoms with van der Waals surface area (Å²) in [5.41, 5.74) is 1.96. The van der Waals surface area contributed by atoms with Crippen molar-refractivity contribution in [3.8, 4) is 11.4 Å². The Bertz CT molecular complexity index is 518. The molecular formula is C12H9Cl2FN2. The molecule has 1 heterocycles. The molecule has 5 heteroatoms. The number of hydrogen-bond acceptors (Lipinski definition) is 2. The van der Waals surface area contributed by atoms with E-state index >= 15 is 0 Å². The second-order valence-electron chi connectivity index (χ2n) is 3.49. The second kappa shape index (κ2) is 4.98. The number of aromatic nitrogens is 2. The molecule has 0 saturated carbocycles. The van der Waals surface area contributed by atoms with E-state index in [0.717, 1.165) is 12.0 Å². The summed E-state index contributed by atoms with van der Waals surface area (Å²) in [7, 11) is 0. The topological polar surface area (TPSA) is 25.8 Å². The molecule has 1 aromatic carbocycles. The average Bonchev–Trinajstić information content (AvgIpc) is 2.35. The normalized spacial score (nSPS) is 10.6. The summed E-state index contributed by atoms with van der Waals surface area (Å²) in [6.45, 7) is 2.07. The SMILES string of the molecule is CCc1ccc(-c2nc(Cl)c(F)c(Cl)n2)cc1. The fraction of sp³-hybridized carbons (Fsp3) is 0.167. The van der Waals surface area contributed by atoms with Gasteiger partial charge in [-0.25, -0.2) is 14.4 Å². The quantitative estimate of drug-likeness (QED) is 0.767. The smallest absolute Gasteiger partial charge is 0.197 e. The van der Waals surface area contributed by atoms with Gasteiger partial charge < -0.3 is 0 Å². The maximum absolute atomic E-state index is 13.2. The van der Waals surface area contributed by atoms with E-state index in [-0.39, 0.29) is 10.3 Å². The Morgan fingerprint density at radius 3 is 2.06 bits per heavy atom. The van der Waals surface area contributed by atoms with E-state index in [2.05, 4.69) is 16.9 Å². The molecule has 0 saturated heterocycles. The van der Waals surface area contributed by atoms with E-state index < -0.39 is 5.82 Å². The molecule has 0 unspecified atom stereocenters. The summed E-state index contributed by atoms with van der Waals surface area (Å²) in [5, 5.41) is -0.529. The molecule has 0 radical (unpaired) electrons. The number of rotatable bonds is 2. The Morgan fingerprint density at radius 1 is 1.06 bits per heavy atom. The van der Waals surface area contributed by atoms with Gasteiger partial charge in [0.15, 0.2) is 21.9 Å². The van der Waals surface area contributed by atoms with Gasteiger partial charge in [0.05, 0.1) is 0 Å². The first-order valence-electron chi connectivity index (χ1n) is 5.09. The van der Waals surface area contributed by atoms with Gasteiger partial charge in [0, 0.05) is 5.56 Å². The fourth-order valence-electron chi connectivity index (χ4n) is 1.41. The Kier molecular flexibility index (Phi) is 3.60. The highest BCUT2D eigenvalue weighted by molar-refractivity contribution is 6.33. The van der Waals surface area contributed by atoms with Gasteiger partial charge in [-0.15, -0.1) is 0 Å².